The molecule has 0 aliphatic carbocycles. The summed E-state index contributed by atoms with van der Waals surface area (Å²) in [4.78, 5) is 10.7. The first kappa shape index (κ1) is 8.46. The predicted molar refractivity (Wildman–Crippen MR) is 45.3 cm³/mol. The lowest BCUT2D eigenvalue weighted by molar-refractivity contribution is -0.116. The lowest BCUT2D eigenvalue weighted by Gasteiger charge is -1.95. The maximum Gasteiger partial charge on any atom is 0.135 e. The van der Waals surface area contributed by atoms with Gasteiger partial charge in [0, 0.05) is 19.2 Å². The van der Waals surface area contributed by atoms with E-state index in [2.05, 4.69) is 21.0 Å². The van der Waals surface area contributed by atoms with Crippen LogP contribution in [-0.2, 0) is 18.3 Å². The number of carbonyl (C=O) groups is 1. The Morgan fingerprint density at radius 1 is 1.82 bits per heavy atom. The zero-order valence-electron chi connectivity index (χ0n) is 6.47. The summed E-state index contributed by atoms with van der Waals surface area (Å²) in [5.74, 6) is 0.153. The summed E-state index contributed by atoms with van der Waals surface area (Å²) in [5, 5.41) is 4.05. The van der Waals surface area contributed by atoms with Crippen LogP contribution in [0.1, 0.15) is 12.6 Å². The minimum Gasteiger partial charge on any atom is -0.300 e. The Bertz CT molecular complexity index is 280. The van der Waals surface area contributed by atoms with Gasteiger partial charge in [-0.25, -0.2) is 0 Å². The molecule has 0 saturated heterocycles. The van der Waals surface area contributed by atoms with Gasteiger partial charge in [-0.05, 0) is 28.9 Å². The van der Waals surface area contributed by atoms with Gasteiger partial charge in [0.05, 0.1) is 0 Å². The molecule has 1 rings (SSSR count). The molecule has 0 bridgehead atoms. The minimum absolute atomic E-state index is 0.153. The number of carbonyl (C=O) groups excluding carboxylic acids is 1. The average molecular weight is 217 g/mol. The second-order valence-corrected chi connectivity index (χ2v) is 3.27. The van der Waals surface area contributed by atoms with Crippen molar-refractivity contribution in [1.82, 2.24) is 9.78 Å². The number of aromatic nitrogens is 2. The van der Waals surface area contributed by atoms with E-state index in [1.165, 1.54) is 0 Å². The SMILES string of the molecule is CC(=O)Cc1cc(Br)nn1C. The van der Waals surface area contributed by atoms with Crippen LogP contribution in [0.5, 0.6) is 0 Å². The number of Topliss-reactive ketones (excluding diaryl/α,β-unsaturated/α-hetero) is 1. The Kier molecular flexibility index (Phi) is 2.44. The molecule has 0 aromatic carbocycles. The summed E-state index contributed by atoms with van der Waals surface area (Å²) >= 11 is 3.23. The third-order valence-electron chi connectivity index (χ3n) is 1.38. The van der Waals surface area contributed by atoms with Gasteiger partial charge in [-0.2, -0.15) is 5.10 Å². The molecule has 0 amide bonds. The Labute approximate surface area is 73.5 Å². The van der Waals surface area contributed by atoms with Crippen LogP contribution in [0, 0.1) is 0 Å². The van der Waals surface area contributed by atoms with Gasteiger partial charge in [0.15, 0.2) is 0 Å². The van der Waals surface area contributed by atoms with Crippen molar-refractivity contribution in [2.75, 3.05) is 0 Å². The third-order valence-corrected chi connectivity index (χ3v) is 1.76. The van der Waals surface area contributed by atoms with Crippen molar-refractivity contribution < 1.29 is 4.79 Å². The summed E-state index contributed by atoms with van der Waals surface area (Å²) in [6.45, 7) is 1.57. The largest absolute Gasteiger partial charge is 0.300 e. The average Bonchev–Trinajstić information content (AvgIpc) is 2.09. The molecule has 0 atom stereocenters. The van der Waals surface area contributed by atoms with E-state index in [4.69, 9.17) is 0 Å². The summed E-state index contributed by atoms with van der Waals surface area (Å²) in [5.41, 5.74) is 0.935. The normalized spacial score (nSPS) is 10.1. The van der Waals surface area contributed by atoms with Crippen LogP contribution in [0.3, 0.4) is 0 Å². The minimum atomic E-state index is 0.153. The number of hydrogen-bond acceptors (Lipinski definition) is 2. The topological polar surface area (TPSA) is 34.9 Å². The van der Waals surface area contributed by atoms with Gasteiger partial charge in [0.25, 0.3) is 0 Å². The molecule has 3 nitrogen and oxygen atoms in total. The first-order valence-corrected chi connectivity index (χ1v) is 4.06. The van der Waals surface area contributed by atoms with Crippen LogP contribution >= 0.6 is 15.9 Å². The number of halogens is 1. The van der Waals surface area contributed by atoms with E-state index < -0.39 is 0 Å². The van der Waals surface area contributed by atoms with E-state index in [0.29, 0.717) is 6.42 Å². The highest BCUT2D eigenvalue weighted by Crippen LogP contribution is 2.09. The van der Waals surface area contributed by atoms with Crippen LogP contribution in [-0.4, -0.2) is 15.6 Å². The van der Waals surface area contributed by atoms with Gasteiger partial charge in [0.1, 0.15) is 10.4 Å². The van der Waals surface area contributed by atoms with Crippen LogP contribution in [0.4, 0.5) is 0 Å². The van der Waals surface area contributed by atoms with Crippen molar-refractivity contribution in [1.29, 1.82) is 0 Å². The molecular weight excluding hydrogens is 208 g/mol. The molecule has 4 heteroatoms. The fourth-order valence-corrected chi connectivity index (χ4v) is 1.39. The zero-order valence-corrected chi connectivity index (χ0v) is 8.05. The molecule has 0 spiro atoms. The maximum absolute atomic E-state index is 10.7. The van der Waals surface area contributed by atoms with Crippen molar-refractivity contribution in [2.24, 2.45) is 7.05 Å². The first-order valence-electron chi connectivity index (χ1n) is 3.27. The molecule has 1 aromatic rings. The van der Waals surface area contributed by atoms with Gasteiger partial charge in [0.2, 0.25) is 0 Å². The van der Waals surface area contributed by atoms with Crippen LogP contribution < -0.4 is 0 Å². The number of aryl methyl sites for hydroxylation is 1. The van der Waals surface area contributed by atoms with Gasteiger partial charge in [-0.3, -0.25) is 9.48 Å². The van der Waals surface area contributed by atoms with Crippen molar-refractivity contribution in [3.63, 3.8) is 0 Å². The quantitative estimate of drug-likeness (QED) is 0.748. The Morgan fingerprint density at radius 2 is 2.45 bits per heavy atom. The molecule has 0 radical (unpaired) electrons. The number of ketones is 1. The predicted octanol–water partition coefficient (Wildman–Crippen LogP) is 1.31. The van der Waals surface area contributed by atoms with Gasteiger partial charge >= 0.3 is 0 Å². The van der Waals surface area contributed by atoms with E-state index in [0.717, 1.165) is 10.3 Å². The van der Waals surface area contributed by atoms with Crippen molar-refractivity contribution in [3.05, 3.63) is 16.4 Å². The standard InChI is InChI=1S/C7H9BrN2O/c1-5(11)3-6-4-7(8)9-10(6)2/h4H,3H2,1-2H3. The smallest absolute Gasteiger partial charge is 0.135 e. The summed E-state index contributed by atoms with van der Waals surface area (Å²) in [6, 6.07) is 1.85. The lowest BCUT2D eigenvalue weighted by atomic mass is 10.2. The lowest BCUT2D eigenvalue weighted by Crippen LogP contribution is -2.03. The van der Waals surface area contributed by atoms with Gasteiger partial charge in [-0.15, -0.1) is 0 Å². The molecule has 0 aliphatic rings. The highest BCUT2D eigenvalue weighted by Gasteiger charge is 2.04. The summed E-state index contributed by atoms with van der Waals surface area (Å²) < 4.78 is 2.47. The molecule has 1 heterocycles. The van der Waals surface area contributed by atoms with Crippen molar-refractivity contribution in [2.45, 2.75) is 13.3 Å². The second-order valence-electron chi connectivity index (χ2n) is 2.46. The van der Waals surface area contributed by atoms with E-state index in [1.807, 2.05) is 13.1 Å². The molecule has 0 fully saturated rings. The van der Waals surface area contributed by atoms with Crippen molar-refractivity contribution in [3.8, 4) is 0 Å². The first-order chi connectivity index (χ1) is 5.09. The van der Waals surface area contributed by atoms with E-state index in [9.17, 15) is 4.79 Å². The molecule has 0 unspecified atom stereocenters. The summed E-state index contributed by atoms with van der Waals surface area (Å²) in [7, 11) is 1.82. The van der Waals surface area contributed by atoms with Gasteiger partial charge in [-0.1, -0.05) is 0 Å². The van der Waals surface area contributed by atoms with Crippen LogP contribution in [0.25, 0.3) is 0 Å². The van der Waals surface area contributed by atoms with Crippen molar-refractivity contribution >= 4 is 21.7 Å². The van der Waals surface area contributed by atoms with E-state index in [1.54, 1.807) is 11.6 Å². The fraction of sp³-hybridized carbons (Fsp3) is 0.429. The maximum atomic E-state index is 10.7. The van der Waals surface area contributed by atoms with Crippen LogP contribution in [0.2, 0.25) is 0 Å². The molecule has 60 valence electrons. The Hall–Kier alpha value is -0.640. The number of hydrogen-bond donors (Lipinski definition) is 0. The fourth-order valence-electron chi connectivity index (χ4n) is 0.888. The zero-order chi connectivity index (χ0) is 8.43. The second kappa shape index (κ2) is 3.17. The Morgan fingerprint density at radius 3 is 2.82 bits per heavy atom. The Balaban J connectivity index is 2.85. The number of rotatable bonds is 2. The van der Waals surface area contributed by atoms with Gasteiger partial charge < -0.3 is 0 Å². The molecule has 0 N–H and O–H groups in total. The highest BCUT2D eigenvalue weighted by atomic mass is 79.9. The van der Waals surface area contributed by atoms with E-state index in [-0.39, 0.29) is 5.78 Å². The third kappa shape index (κ3) is 2.15. The van der Waals surface area contributed by atoms with E-state index >= 15 is 0 Å². The molecule has 0 aliphatic heterocycles. The molecule has 1 aromatic heterocycles. The molecule has 0 saturated carbocycles. The molecular formula is C7H9BrN2O. The highest BCUT2D eigenvalue weighted by molar-refractivity contribution is 9.10. The number of nitrogens with zero attached hydrogens (tertiary/aromatic N) is 2. The molecule has 11 heavy (non-hydrogen) atoms. The monoisotopic (exact) mass is 216 g/mol. The summed E-state index contributed by atoms with van der Waals surface area (Å²) in [6.07, 6.45) is 0.453. The van der Waals surface area contributed by atoms with Crippen LogP contribution in [0.15, 0.2) is 10.7 Å².